The molecular weight excluding hydrogens is 273 g/mol. The Hall–Kier alpha value is -1.79. The zero-order valence-corrected chi connectivity index (χ0v) is 12.0. The van der Waals surface area contributed by atoms with E-state index in [4.69, 9.17) is 9.26 Å². The van der Waals surface area contributed by atoms with Crippen molar-refractivity contribution < 1.29 is 13.7 Å². The smallest absolute Gasteiger partial charge is 0.240 e. The fraction of sp³-hybridized carbons (Fsp3) is 0.467. The highest BCUT2D eigenvalue weighted by Gasteiger charge is 2.23. The third-order valence-corrected chi connectivity index (χ3v) is 3.58. The standard InChI is InChI=1S/C15H18FN3O2/c1-2-14-17-15(21-18-14)10-19-7-8-20-13(9-19)11-3-5-12(16)6-4-11/h3-6,13H,2,7-10H2,1H3/t13-/m0/s1. The zero-order chi connectivity index (χ0) is 14.7. The summed E-state index contributed by atoms with van der Waals surface area (Å²) in [6.45, 7) is 4.80. The maximum Gasteiger partial charge on any atom is 0.240 e. The molecule has 1 saturated heterocycles. The molecule has 2 heterocycles. The molecule has 1 fully saturated rings. The van der Waals surface area contributed by atoms with Crippen LogP contribution in [0.1, 0.15) is 30.3 Å². The molecule has 112 valence electrons. The highest BCUT2D eigenvalue weighted by molar-refractivity contribution is 5.19. The van der Waals surface area contributed by atoms with Crippen LogP contribution in [-0.2, 0) is 17.7 Å². The Bertz CT molecular complexity index is 585. The lowest BCUT2D eigenvalue weighted by Gasteiger charge is -2.32. The summed E-state index contributed by atoms with van der Waals surface area (Å²) in [6.07, 6.45) is 0.720. The van der Waals surface area contributed by atoms with E-state index in [0.717, 1.165) is 30.9 Å². The van der Waals surface area contributed by atoms with Crippen LogP contribution in [0.3, 0.4) is 0 Å². The van der Waals surface area contributed by atoms with Crippen LogP contribution in [0.5, 0.6) is 0 Å². The number of aryl methyl sites for hydroxylation is 1. The van der Waals surface area contributed by atoms with Crippen LogP contribution in [-0.4, -0.2) is 34.7 Å². The number of nitrogens with zero attached hydrogens (tertiary/aromatic N) is 3. The van der Waals surface area contributed by atoms with E-state index in [1.54, 1.807) is 12.1 Å². The van der Waals surface area contributed by atoms with Gasteiger partial charge in [-0.15, -0.1) is 0 Å². The van der Waals surface area contributed by atoms with Crippen molar-refractivity contribution in [3.05, 3.63) is 47.4 Å². The van der Waals surface area contributed by atoms with E-state index in [9.17, 15) is 4.39 Å². The van der Waals surface area contributed by atoms with Crippen LogP contribution in [0.4, 0.5) is 4.39 Å². The van der Waals surface area contributed by atoms with Gasteiger partial charge >= 0.3 is 0 Å². The van der Waals surface area contributed by atoms with E-state index in [2.05, 4.69) is 15.0 Å². The predicted octanol–water partition coefficient (Wildman–Crippen LogP) is 2.34. The average molecular weight is 291 g/mol. The first-order valence-corrected chi connectivity index (χ1v) is 7.15. The second-order valence-corrected chi connectivity index (χ2v) is 5.10. The molecule has 1 aromatic carbocycles. The number of rotatable bonds is 4. The largest absolute Gasteiger partial charge is 0.371 e. The van der Waals surface area contributed by atoms with Gasteiger partial charge in [-0.05, 0) is 17.7 Å². The number of ether oxygens (including phenoxy) is 1. The van der Waals surface area contributed by atoms with Crippen molar-refractivity contribution in [1.82, 2.24) is 15.0 Å². The molecule has 0 aliphatic carbocycles. The molecule has 0 radical (unpaired) electrons. The third-order valence-electron chi connectivity index (χ3n) is 3.58. The number of morpholine rings is 1. The van der Waals surface area contributed by atoms with E-state index in [1.807, 2.05) is 6.92 Å². The van der Waals surface area contributed by atoms with Crippen molar-refractivity contribution in [3.63, 3.8) is 0 Å². The molecule has 1 atom stereocenters. The highest BCUT2D eigenvalue weighted by atomic mass is 19.1. The molecule has 0 saturated carbocycles. The monoisotopic (exact) mass is 291 g/mol. The molecule has 3 rings (SSSR count). The molecular formula is C15H18FN3O2. The Labute approximate surface area is 122 Å². The third kappa shape index (κ3) is 3.46. The summed E-state index contributed by atoms with van der Waals surface area (Å²) in [5, 5.41) is 3.90. The quantitative estimate of drug-likeness (QED) is 0.865. The first-order chi connectivity index (χ1) is 10.2. The molecule has 1 aromatic heterocycles. The van der Waals surface area contributed by atoms with E-state index >= 15 is 0 Å². The van der Waals surface area contributed by atoms with E-state index in [-0.39, 0.29) is 11.9 Å². The molecule has 2 aromatic rings. The lowest BCUT2D eigenvalue weighted by molar-refractivity contribution is -0.0356. The molecule has 6 heteroatoms. The zero-order valence-electron chi connectivity index (χ0n) is 12.0. The minimum Gasteiger partial charge on any atom is -0.371 e. The van der Waals surface area contributed by atoms with Crippen molar-refractivity contribution in [2.24, 2.45) is 0 Å². The number of halogens is 1. The normalized spacial score (nSPS) is 19.8. The maximum atomic E-state index is 13.0. The van der Waals surface area contributed by atoms with Gasteiger partial charge in [0.2, 0.25) is 5.89 Å². The summed E-state index contributed by atoms with van der Waals surface area (Å²) in [5.41, 5.74) is 0.987. The number of hydrogen-bond donors (Lipinski definition) is 0. The van der Waals surface area contributed by atoms with Crippen molar-refractivity contribution in [3.8, 4) is 0 Å². The fourth-order valence-electron chi connectivity index (χ4n) is 2.41. The molecule has 0 N–H and O–H groups in total. The minimum atomic E-state index is -0.232. The number of benzene rings is 1. The summed E-state index contributed by atoms with van der Waals surface area (Å²) in [5.74, 6) is 1.13. The molecule has 0 spiro atoms. The second kappa shape index (κ2) is 6.32. The predicted molar refractivity (Wildman–Crippen MR) is 74.0 cm³/mol. The SMILES string of the molecule is CCc1noc(CN2CCO[C@H](c3ccc(F)cc3)C2)n1. The van der Waals surface area contributed by atoms with Gasteiger partial charge < -0.3 is 9.26 Å². The van der Waals surface area contributed by atoms with Crippen LogP contribution in [0.25, 0.3) is 0 Å². The topological polar surface area (TPSA) is 51.4 Å². The molecule has 21 heavy (non-hydrogen) atoms. The van der Waals surface area contributed by atoms with Gasteiger partial charge in [0.05, 0.1) is 19.3 Å². The lowest BCUT2D eigenvalue weighted by atomic mass is 10.1. The van der Waals surface area contributed by atoms with Gasteiger partial charge in [-0.3, -0.25) is 4.90 Å². The van der Waals surface area contributed by atoms with E-state index in [1.165, 1.54) is 12.1 Å². The van der Waals surface area contributed by atoms with E-state index in [0.29, 0.717) is 19.0 Å². The average Bonchev–Trinajstić information content (AvgIpc) is 2.96. The summed E-state index contributed by atoms with van der Waals surface area (Å²) in [6, 6.07) is 6.46. The maximum absolute atomic E-state index is 13.0. The van der Waals surface area contributed by atoms with Gasteiger partial charge in [0.1, 0.15) is 5.82 Å². The van der Waals surface area contributed by atoms with Crippen molar-refractivity contribution in [2.45, 2.75) is 26.0 Å². The Kier molecular flexibility index (Phi) is 4.26. The van der Waals surface area contributed by atoms with Crippen LogP contribution >= 0.6 is 0 Å². The van der Waals surface area contributed by atoms with E-state index < -0.39 is 0 Å². The first kappa shape index (κ1) is 14.2. The molecule has 0 unspecified atom stereocenters. The van der Waals surface area contributed by atoms with Gasteiger partial charge in [0.15, 0.2) is 5.82 Å². The van der Waals surface area contributed by atoms with Crippen LogP contribution in [0.2, 0.25) is 0 Å². The van der Waals surface area contributed by atoms with Gasteiger partial charge in [-0.2, -0.15) is 4.98 Å². The Morgan fingerprint density at radius 2 is 2.14 bits per heavy atom. The molecule has 5 nitrogen and oxygen atoms in total. The van der Waals surface area contributed by atoms with Crippen molar-refractivity contribution in [2.75, 3.05) is 19.7 Å². The Morgan fingerprint density at radius 1 is 1.33 bits per heavy atom. The minimum absolute atomic E-state index is 0.0482. The van der Waals surface area contributed by atoms with Crippen molar-refractivity contribution >= 4 is 0 Å². The van der Waals surface area contributed by atoms with Gasteiger partial charge in [0.25, 0.3) is 0 Å². The van der Waals surface area contributed by atoms with Gasteiger partial charge in [-0.1, -0.05) is 24.2 Å². The molecule has 1 aliphatic rings. The second-order valence-electron chi connectivity index (χ2n) is 5.10. The van der Waals surface area contributed by atoms with Gasteiger partial charge in [-0.25, -0.2) is 4.39 Å². The van der Waals surface area contributed by atoms with Crippen LogP contribution < -0.4 is 0 Å². The first-order valence-electron chi connectivity index (χ1n) is 7.15. The molecule has 1 aliphatic heterocycles. The summed E-state index contributed by atoms with van der Waals surface area (Å²) < 4.78 is 24.0. The fourth-order valence-corrected chi connectivity index (χ4v) is 2.41. The molecule has 0 amide bonds. The summed E-state index contributed by atoms with van der Waals surface area (Å²) >= 11 is 0. The summed E-state index contributed by atoms with van der Waals surface area (Å²) in [4.78, 5) is 6.54. The molecule has 0 bridgehead atoms. The van der Waals surface area contributed by atoms with Crippen LogP contribution in [0.15, 0.2) is 28.8 Å². The van der Waals surface area contributed by atoms with Gasteiger partial charge in [0, 0.05) is 19.5 Å². The van der Waals surface area contributed by atoms with Crippen LogP contribution in [0, 0.1) is 5.82 Å². The van der Waals surface area contributed by atoms with Crippen molar-refractivity contribution in [1.29, 1.82) is 0 Å². The number of aromatic nitrogens is 2. The number of hydrogen-bond acceptors (Lipinski definition) is 5. The Balaban J connectivity index is 1.63. The highest BCUT2D eigenvalue weighted by Crippen LogP contribution is 2.23. The summed E-state index contributed by atoms with van der Waals surface area (Å²) in [7, 11) is 0. The lowest BCUT2D eigenvalue weighted by Crippen LogP contribution is -2.37. The Morgan fingerprint density at radius 3 is 2.86 bits per heavy atom.